The SMILES string of the molecule is CC(C)(C)c1cc(-c2nnc(Cc3ccc(Cl)cc3)o2)cc(C(C)(C)C)c1. The van der Waals surface area contributed by atoms with Crippen LogP contribution in [0.1, 0.15) is 64.1 Å². The van der Waals surface area contributed by atoms with Crippen molar-refractivity contribution in [1.29, 1.82) is 0 Å². The van der Waals surface area contributed by atoms with E-state index in [4.69, 9.17) is 16.0 Å². The van der Waals surface area contributed by atoms with Crippen LogP contribution in [0, 0.1) is 0 Å². The first-order valence-electron chi connectivity index (χ1n) is 9.25. The van der Waals surface area contributed by atoms with Gasteiger partial charge in [0.05, 0.1) is 6.42 Å². The Morgan fingerprint density at radius 2 is 1.37 bits per heavy atom. The Balaban J connectivity index is 1.96. The molecule has 27 heavy (non-hydrogen) atoms. The number of aromatic nitrogens is 2. The van der Waals surface area contributed by atoms with E-state index >= 15 is 0 Å². The molecule has 1 heterocycles. The van der Waals surface area contributed by atoms with Crippen molar-refractivity contribution >= 4 is 11.6 Å². The number of benzene rings is 2. The highest BCUT2D eigenvalue weighted by molar-refractivity contribution is 6.30. The maximum Gasteiger partial charge on any atom is 0.247 e. The Morgan fingerprint density at radius 1 is 0.815 bits per heavy atom. The molecule has 0 aliphatic heterocycles. The normalized spacial score (nSPS) is 12.4. The second-order valence-corrected chi connectivity index (χ2v) is 9.54. The molecule has 0 spiro atoms. The van der Waals surface area contributed by atoms with Gasteiger partial charge < -0.3 is 4.42 Å². The molecule has 1 aromatic heterocycles. The van der Waals surface area contributed by atoms with Gasteiger partial charge >= 0.3 is 0 Å². The molecule has 0 saturated carbocycles. The van der Waals surface area contributed by atoms with Gasteiger partial charge in [0.15, 0.2) is 0 Å². The molecule has 3 rings (SSSR count). The summed E-state index contributed by atoms with van der Waals surface area (Å²) in [7, 11) is 0. The summed E-state index contributed by atoms with van der Waals surface area (Å²) in [4.78, 5) is 0. The molecule has 0 amide bonds. The van der Waals surface area contributed by atoms with E-state index in [1.165, 1.54) is 11.1 Å². The summed E-state index contributed by atoms with van der Waals surface area (Å²) in [6.45, 7) is 13.3. The van der Waals surface area contributed by atoms with E-state index in [2.05, 4.69) is 69.9 Å². The standard InChI is InChI=1S/C23H27ClN2O/c1-22(2,3)17-12-16(13-18(14-17)23(4,5)6)21-26-25-20(27-21)11-15-7-9-19(24)10-8-15/h7-10,12-14H,11H2,1-6H3. The number of nitrogens with zero attached hydrogens (tertiary/aromatic N) is 2. The zero-order chi connectivity index (χ0) is 19.8. The van der Waals surface area contributed by atoms with E-state index in [1.807, 2.05) is 24.3 Å². The van der Waals surface area contributed by atoms with Crippen LogP contribution in [0.3, 0.4) is 0 Å². The summed E-state index contributed by atoms with van der Waals surface area (Å²) >= 11 is 5.95. The van der Waals surface area contributed by atoms with E-state index in [1.54, 1.807) is 0 Å². The Morgan fingerprint density at radius 3 is 1.89 bits per heavy atom. The molecule has 0 bridgehead atoms. The lowest BCUT2D eigenvalue weighted by Gasteiger charge is -2.25. The largest absolute Gasteiger partial charge is 0.420 e. The minimum Gasteiger partial charge on any atom is -0.420 e. The van der Waals surface area contributed by atoms with Gasteiger partial charge in [0.2, 0.25) is 11.8 Å². The molecule has 0 fully saturated rings. The Bertz CT molecular complexity index is 896. The number of hydrogen-bond acceptors (Lipinski definition) is 3. The summed E-state index contributed by atoms with van der Waals surface area (Å²) in [5, 5.41) is 9.27. The van der Waals surface area contributed by atoms with Gasteiger partial charge in [-0.2, -0.15) is 0 Å². The lowest BCUT2D eigenvalue weighted by Crippen LogP contribution is -2.16. The fourth-order valence-corrected chi connectivity index (χ4v) is 2.96. The second-order valence-electron chi connectivity index (χ2n) is 9.10. The van der Waals surface area contributed by atoms with Crippen molar-refractivity contribution in [3.8, 4) is 11.5 Å². The van der Waals surface area contributed by atoms with E-state index in [9.17, 15) is 0 Å². The molecule has 3 aromatic rings. The van der Waals surface area contributed by atoms with Crippen molar-refractivity contribution in [2.45, 2.75) is 58.8 Å². The van der Waals surface area contributed by atoms with E-state index in [-0.39, 0.29) is 10.8 Å². The molecule has 0 radical (unpaired) electrons. The predicted octanol–water partition coefficient (Wildman–Crippen LogP) is 6.58. The maximum absolute atomic E-state index is 5.98. The van der Waals surface area contributed by atoms with Gasteiger partial charge in [0, 0.05) is 10.6 Å². The zero-order valence-electron chi connectivity index (χ0n) is 16.9. The summed E-state index contributed by atoms with van der Waals surface area (Å²) in [5.41, 5.74) is 4.69. The minimum atomic E-state index is 0.0438. The number of halogens is 1. The molecule has 142 valence electrons. The maximum atomic E-state index is 5.98. The third-order valence-electron chi connectivity index (χ3n) is 4.65. The molecule has 0 atom stereocenters. The highest BCUT2D eigenvalue weighted by atomic mass is 35.5. The topological polar surface area (TPSA) is 38.9 Å². The predicted molar refractivity (Wildman–Crippen MR) is 111 cm³/mol. The van der Waals surface area contributed by atoms with Crippen LogP contribution in [0.25, 0.3) is 11.5 Å². The molecule has 0 saturated heterocycles. The highest BCUT2D eigenvalue weighted by Gasteiger charge is 2.22. The van der Waals surface area contributed by atoms with E-state index < -0.39 is 0 Å². The van der Waals surface area contributed by atoms with Crippen molar-refractivity contribution in [2.75, 3.05) is 0 Å². The van der Waals surface area contributed by atoms with Gasteiger partial charge in [-0.25, -0.2) is 0 Å². The average Bonchev–Trinajstić information content (AvgIpc) is 3.03. The van der Waals surface area contributed by atoms with Crippen LogP contribution in [-0.2, 0) is 17.3 Å². The van der Waals surface area contributed by atoms with Crippen molar-refractivity contribution in [3.63, 3.8) is 0 Å². The molecule has 0 N–H and O–H groups in total. The van der Waals surface area contributed by atoms with Crippen molar-refractivity contribution < 1.29 is 4.42 Å². The lowest BCUT2D eigenvalue weighted by molar-refractivity contribution is 0.517. The average molecular weight is 383 g/mol. The van der Waals surface area contributed by atoms with Crippen molar-refractivity contribution in [3.05, 3.63) is 70.1 Å². The smallest absolute Gasteiger partial charge is 0.247 e. The molecule has 0 aliphatic carbocycles. The monoisotopic (exact) mass is 382 g/mol. The zero-order valence-corrected chi connectivity index (χ0v) is 17.7. The first-order chi connectivity index (χ1) is 12.5. The molecule has 0 unspecified atom stereocenters. The van der Waals surface area contributed by atoms with E-state index in [0.717, 1.165) is 16.1 Å². The van der Waals surface area contributed by atoms with Gasteiger partial charge in [-0.05, 0) is 51.8 Å². The quantitative estimate of drug-likeness (QED) is 0.513. The number of hydrogen-bond donors (Lipinski definition) is 0. The van der Waals surface area contributed by atoms with Crippen LogP contribution in [0.2, 0.25) is 5.02 Å². The molecule has 4 heteroatoms. The fourth-order valence-electron chi connectivity index (χ4n) is 2.84. The van der Waals surface area contributed by atoms with Crippen LogP contribution < -0.4 is 0 Å². The van der Waals surface area contributed by atoms with Crippen LogP contribution >= 0.6 is 11.6 Å². The van der Waals surface area contributed by atoms with Gasteiger partial charge in [-0.15, -0.1) is 10.2 Å². The van der Waals surface area contributed by atoms with Gasteiger partial charge in [-0.1, -0.05) is 71.3 Å². The fraction of sp³-hybridized carbons (Fsp3) is 0.391. The summed E-state index contributed by atoms with van der Waals surface area (Å²) in [6, 6.07) is 14.3. The van der Waals surface area contributed by atoms with Gasteiger partial charge in [0.1, 0.15) is 0 Å². The van der Waals surface area contributed by atoms with Crippen LogP contribution in [0.4, 0.5) is 0 Å². The molecular weight excluding hydrogens is 356 g/mol. The second kappa shape index (κ2) is 7.12. The Labute approximate surface area is 166 Å². The van der Waals surface area contributed by atoms with Gasteiger partial charge in [-0.3, -0.25) is 0 Å². The number of rotatable bonds is 3. The van der Waals surface area contributed by atoms with Crippen LogP contribution in [-0.4, -0.2) is 10.2 Å². The van der Waals surface area contributed by atoms with E-state index in [0.29, 0.717) is 18.2 Å². The summed E-state index contributed by atoms with van der Waals surface area (Å²) in [5.74, 6) is 1.17. The first-order valence-corrected chi connectivity index (χ1v) is 9.63. The first kappa shape index (κ1) is 19.6. The van der Waals surface area contributed by atoms with Crippen molar-refractivity contribution in [2.24, 2.45) is 0 Å². The van der Waals surface area contributed by atoms with Gasteiger partial charge in [0.25, 0.3) is 0 Å². The third-order valence-corrected chi connectivity index (χ3v) is 4.90. The minimum absolute atomic E-state index is 0.0438. The Hall–Kier alpha value is -2.13. The Kier molecular flexibility index (Phi) is 5.18. The third kappa shape index (κ3) is 4.78. The van der Waals surface area contributed by atoms with Crippen LogP contribution in [0.15, 0.2) is 46.9 Å². The molecule has 2 aromatic carbocycles. The molecular formula is C23H27ClN2O. The molecule has 3 nitrogen and oxygen atoms in total. The van der Waals surface area contributed by atoms with Crippen molar-refractivity contribution in [1.82, 2.24) is 10.2 Å². The molecule has 0 aliphatic rings. The highest BCUT2D eigenvalue weighted by Crippen LogP contribution is 2.33. The summed E-state index contributed by atoms with van der Waals surface area (Å²) in [6.07, 6.45) is 0.593. The van der Waals surface area contributed by atoms with Crippen LogP contribution in [0.5, 0.6) is 0 Å². The lowest BCUT2D eigenvalue weighted by atomic mass is 9.79. The summed E-state index contributed by atoms with van der Waals surface area (Å²) < 4.78 is 5.98.